The van der Waals surface area contributed by atoms with Crippen molar-refractivity contribution in [3.8, 4) is 0 Å². The second kappa shape index (κ2) is 9.39. The van der Waals surface area contributed by atoms with Crippen LogP contribution < -0.4 is 0 Å². The SMILES string of the molecule is COC(=O)CC1SC(=O)N(CN(C)CN2C(=O)SC(CC(=O)OC)C2=O)C1=O. The number of hydrogen-bond acceptors (Lipinski definition) is 11. The summed E-state index contributed by atoms with van der Waals surface area (Å²) in [4.78, 5) is 74.8. The van der Waals surface area contributed by atoms with E-state index < -0.39 is 44.7 Å². The molecule has 2 atom stereocenters. The molecule has 0 radical (unpaired) electrons. The Kier molecular flexibility index (Phi) is 7.43. The quantitative estimate of drug-likeness (QED) is 0.483. The average Bonchev–Trinajstić information content (AvgIpc) is 3.06. The van der Waals surface area contributed by atoms with Crippen LogP contribution in [-0.2, 0) is 28.7 Å². The van der Waals surface area contributed by atoms with E-state index in [1.54, 1.807) is 0 Å². The molecule has 2 rings (SSSR count). The molecule has 4 amide bonds. The predicted octanol–water partition coefficient (Wildman–Crippen LogP) is 0.0874. The van der Waals surface area contributed by atoms with Crippen molar-refractivity contribution >= 4 is 57.8 Å². The maximum Gasteiger partial charge on any atom is 0.307 e. The van der Waals surface area contributed by atoms with Crippen molar-refractivity contribution in [2.75, 3.05) is 34.6 Å². The van der Waals surface area contributed by atoms with Gasteiger partial charge in [0.1, 0.15) is 10.5 Å². The van der Waals surface area contributed by atoms with Crippen LogP contribution in [-0.4, -0.2) is 94.0 Å². The monoisotopic (exact) mass is 433 g/mol. The molecule has 2 heterocycles. The molecular weight excluding hydrogens is 414 g/mol. The minimum atomic E-state index is -0.858. The summed E-state index contributed by atoms with van der Waals surface area (Å²) in [6, 6.07) is 0. The summed E-state index contributed by atoms with van der Waals surface area (Å²) in [7, 11) is 3.91. The number of amides is 4. The van der Waals surface area contributed by atoms with Crippen molar-refractivity contribution in [2.24, 2.45) is 0 Å². The van der Waals surface area contributed by atoms with E-state index in [4.69, 9.17) is 0 Å². The van der Waals surface area contributed by atoms with Gasteiger partial charge in [-0.05, 0) is 7.05 Å². The van der Waals surface area contributed by atoms with Gasteiger partial charge >= 0.3 is 11.9 Å². The lowest BCUT2D eigenvalue weighted by atomic mass is 10.3. The molecule has 2 unspecified atom stereocenters. The zero-order valence-corrected chi connectivity index (χ0v) is 17.0. The van der Waals surface area contributed by atoms with Gasteiger partial charge < -0.3 is 9.47 Å². The molecule has 2 aliphatic rings. The molecule has 2 aliphatic heterocycles. The normalized spacial score (nSPS) is 22.4. The van der Waals surface area contributed by atoms with Crippen LogP contribution in [0.4, 0.5) is 9.59 Å². The number of thioether (sulfide) groups is 2. The van der Waals surface area contributed by atoms with E-state index >= 15 is 0 Å². The van der Waals surface area contributed by atoms with E-state index in [-0.39, 0.29) is 26.2 Å². The standard InChI is InChI=1S/C15H19N3O8S2/c1-16(6-17-12(21)8(27-14(17)23)4-10(19)25-2)7-18-13(22)9(28-15(18)24)5-11(20)26-3/h8-9H,4-7H2,1-3H3. The number of carbonyl (C=O) groups excluding carboxylic acids is 6. The van der Waals surface area contributed by atoms with Gasteiger partial charge in [-0.3, -0.25) is 43.5 Å². The number of esters is 2. The summed E-state index contributed by atoms with van der Waals surface area (Å²) in [5, 5.41) is -2.77. The predicted molar refractivity (Wildman–Crippen MR) is 98.0 cm³/mol. The Labute approximate surface area is 169 Å². The number of methoxy groups -OCH3 is 2. The lowest BCUT2D eigenvalue weighted by Crippen LogP contribution is -2.46. The fourth-order valence-corrected chi connectivity index (χ4v) is 4.44. The summed E-state index contributed by atoms with van der Waals surface area (Å²) in [6.07, 6.45) is -0.443. The fraction of sp³-hybridized carbons (Fsp3) is 0.600. The molecule has 0 saturated carbocycles. The van der Waals surface area contributed by atoms with Gasteiger partial charge in [0.2, 0.25) is 11.8 Å². The van der Waals surface area contributed by atoms with E-state index in [1.165, 1.54) is 26.2 Å². The smallest absolute Gasteiger partial charge is 0.307 e. The van der Waals surface area contributed by atoms with Crippen molar-refractivity contribution in [2.45, 2.75) is 23.3 Å². The lowest BCUT2D eigenvalue weighted by molar-refractivity contribution is -0.142. The first-order valence-corrected chi connectivity index (χ1v) is 9.80. The summed E-state index contributed by atoms with van der Waals surface area (Å²) in [6.45, 7) is -0.322. The zero-order valence-electron chi connectivity index (χ0n) is 15.4. The number of imide groups is 2. The van der Waals surface area contributed by atoms with Gasteiger partial charge in [0.15, 0.2) is 0 Å². The Hall–Kier alpha value is -2.12. The van der Waals surface area contributed by atoms with E-state index in [0.29, 0.717) is 0 Å². The molecule has 0 N–H and O–H groups in total. The van der Waals surface area contributed by atoms with E-state index in [1.807, 2.05) is 0 Å². The van der Waals surface area contributed by atoms with Crippen molar-refractivity contribution in [1.29, 1.82) is 0 Å². The molecule has 28 heavy (non-hydrogen) atoms. The van der Waals surface area contributed by atoms with E-state index in [9.17, 15) is 28.8 Å². The van der Waals surface area contributed by atoms with Crippen LogP contribution >= 0.6 is 23.5 Å². The summed E-state index contributed by atoms with van der Waals surface area (Å²) >= 11 is 1.46. The molecule has 2 saturated heterocycles. The highest BCUT2D eigenvalue weighted by Gasteiger charge is 2.43. The Bertz CT molecular complexity index is 657. The molecule has 0 spiro atoms. The van der Waals surface area contributed by atoms with Crippen LogP contribution in [0.3, 0.4) is 0 Å². The van der Waals surface area contributed by atoms with Gasteiger partial charge in [0.05, 0.1) is 40.4 Å². The van der Waals surface area contributed by atoms with Crippen LogP contribution in [0.1, 0.15) is 12.8 Å². The summed E-state index contributed by atoms with van der Waals surface area (Å²) in [5.41, 5.74) is 0. The molecule has 11 nitrogen and oxygen atoms in total. The van der Waals surface area contributed by atoms with E-state index in [2.05, 4.69) is 9.47 Å². The number of nitrogens with zero attached hydrogens (tertiary/aromatic N) is 3. The molecular formula is C15H19N3O8S2. The first kappa shape index (κ1) is 22.2. The Morgan fingerprint density at radius 1 is 0.857 bits per heavy atom. The zero-order chi connectivity index (χ0) is 21.0. The first-order chi connectivity index (χ1) is 13.2. The number of carbonyl (C=O) groups is 6. The van der Waals surface area contributed by atoms with Gasteiger partial charge in [0, 0.05) is 0 Å². The summed E-state index contributed by atoms with van der Waals surface area (Å²) < 4.78 is 9.02. The van der Waals surface area contributed by atoms with Crippen molar-refractivity contribution in [3.63, 3.8) is 0 Å². The minimum Gasteiger partial charge on any atom is -0.469 e. The molecule has 0 aromatic heterocycles. The van der Waals surface area contributed by atoms with Gasteiger partial charge in [-0.25, -0.2) is 0 Å². The largest absolute Gasteiger partial charge is 0.469 e. The number of rotatable bonds is 8. The van der Waals surface area contributed by atoms with Crippen LogP contribution in [0.15, 0.2) is 0 Å². The molecule has 0 aromatic rings. The molecule has 0 bridgehead atoms. The van der Waals surface area contributed by atoms with Crippen molar-refractivity contribution in [3.05, 3.63) is 0 Å². The van der Waals surface area contributed by atoms with Crippen molar-refractivity contribution < 1.29 is 38.2 Å². The first-order valence-electron chi connectivity index (χ1n) is 8.04. The van der Waals surface area contributed by atoms with Gasteiger partial charge in [0.25, 0.3) is 10.5 Å². The van der Waals surface area contributed by atoms with Gasteiger partial charge in [-0.2, -0.15) is 0 Å². The Morgan fingerprint density at radius 3 is 1.54 bits per heavy atom. The molecule has 154 valence electrons. The third-order valence-electron chi connectivity index (χ3n) is 3.94. The van der Waals surface area contributed by atoms with Crippen molar-refractivity contribution in [1.82, 2.24) is 14.7 Å². The maximum absolute atomic E-state index is 12.3. The Balaban J connectivity index is 1.93. The maximum atomic E-state index is 12.3. The Morgan fingerprint density at radius 2 is 1.21 bits per heavy atom. The third-order valence-corrected chi connectivity index (χ3v) is 6.08. The third kappa shape index (κ3) is 5.02. The average molecular weight is 433 g/mol. The molecule has 0 aromatic carbocycles. The second-order valence-electron chi connectivity index (χ2n) is 5.98. The molecule has 13 heteroatoms. The molecule has 2 fully saturated rings. The highest BCUT2D eigenvalue weighted by molar-refractivity contribution is 8.15. The fourth-order valence-electron chi connectivity index (χ4n) is 2.51. The highest BCUT2D eigenvalue weighted by atomic mass is 32.2. The van der Waals surface area contributed by atoms with Crippen LogP contribution in [0.5, 0.6) is 0 Å². The summed E-state index contributed by atoms with van der Waals surface area (Å²) in [5.74, 6) is -2.28. The number of hydrogen-bond donors (Lipinski definition) is 0. The van der Waals surface area contributed by atoms with Gasteiger partial charge in [-0.1, -0.05) is 23.5 Å². The van der Waals surface area contributed by atoms with Crippen LogP contribution in [0.2, 0.25) is 0 Å². The minimum absolute atomic E-state index is 0.161. The highest BCUT2D eigenvalue weighted by Crippen LogP contribution is 2.31. The topological polar surface area (TPSA) is 131 Å². The van der Waals surface area contributed by atoms with Crippen LogP contribution in [0, 0.1) is 0 Å². The van der Waals surface area contributed by atoms with E-state index in [0.717, 1.165) is 33.3 Å². The lowest BCUT2D eigenvalue weighted by Gasteiger charge is -2.26. The molecule has 0 aliphatic carbocycles. The van der Waals surface area contributed by atoms with Gasteiger partial charge in [-0.15, -0.1) is 0 Å². The second-order valence-corrected chi connectivity index (χ2v) is 8.28. The number of ether oxygens (including phenoxy) is 2. The van der Waals surface area contributed by atoms with Crippen LogP contribution in [0.25, 0.3) is 0 Å².